The van der Waals surface area contributed by atoms with Gasteiger partial charge in [0.1, 0.15) is 0 Å². The summed E-state index contributed by atoms with van der Waals surface area (Å²) in [6.45, 7) is 1.29. The standard InChI is InChI=1S/C23H27N3O2S/c1-16-6-10-18(11-7-16)21(27)5-3-2-4-17-8-12-19(13-9-17)25-22(28)14-20-15-29-23(24)26-20/h6-13,15,21,27H,2-5,14H2,1H3,(H2,24,26)(H,25,28)/t21-/m0/s1/i2D2,4D2,5D2,6D,7D,10D,11D,15D,21D. The number of thiazole rings is 1. The Morgan fingerprint density at radius 1 is 1.34 bits per heavy atom. The minimum absolute atomic E-state index is 0.0448. The summed E-state index contributed by atoms with van der Waals surface area (Å²) in [5.41, 5.74) is 4.63. The number of nitrogens with one attached hydrogen (secondary N) is 1. The molecule has 1 aromatic heterocycles. The van der Waals surface area contributed by atoms with Gasteiger partial charge in [0.25, 0.3) is 0 Å². The van der Waals surface area contributed by atoms with Gasteiger partial charge in [0.2, 0.25) is 5.91 Å². The van der Waals surface area contributed by atoms with Crippen LogP contribution in [-0.4, -0.2) is 16.0 Å². The third-order valence-corrected chi connectivity index (χ3v) is 4.22. The predicted octanol–water partition coefficient (Wildman–Crippen LogP) is 4.66. The summed E-state index contributed by atoms with van der Waals surface area (Å²) in [4.78, 5) is 16.2. The topological polar surface area (TPSA) is 88.2 Å². The Morgan fingerprint density at radius 3 is 2.72 bits per heavy atom. The molecule has 0 aliphatic carbocycles. The van der Waals surface area contributed by atoms with Gasteiger partial charge in [-0.05, 0) is 49.3 Å². The molecule has 6 heteroatoms. The van der Waals surface area contributed by atoms with Gasteiger partial charge in [0.15, 0.2) is 5.13 Å². The minimum Gasteiger partial charge on any atom is -0.388 e. The van der Waals surface area contributed by atoms with Crippen LogP contribution in [0.4, 0.5) is 10.8 Å². The SMILES string of the molecule is [2H]c1sc(N)nc1CC(=O)Nc1ccc(C([2H])([2H])C([2H])([2H])CC([2H])([2H])[C@]([2H])(O)c2c([2H])c([2H])c(C)c([2H])c2[2H])cc1. The largest absolute Gasteiger partial charge is 0.388 e. The molecule has 0 aliphatic rings. The summed E-state index contributed by atoms with van der Waals surface area (Å²) < 4.78 is 98.5. The fraction of sp³-hybridized carbons (Fsp3) is 0.304. The second kappa shape index (κ2) is 10.2. The van der Waals surface area contributed by atoms with Crippen molar-refractivity contribution >= 4 is 28.1 Å². The zero-order chi connectivity index (χ0) is 31.3. The fourth-order valence-electron chi connectivity index (χ4n) is 2.22. The molecule has 152 valence electrons. The molecule has 0 saturated heterocycles. The van der Waals surface area contributed by atoms with Crippen LogP contribution in [0.3, 0.4) is 0 Å². The average Bonchev–Trinajstić information content (AvgIpc) is 3.16. The van der Waals surface area contributed by atoms with Crippen LogP contribution in [-0.2, 0) is 17.6 Å². The number of rotatable bonds is 9. The number of aromatic nitrogens is 1. The fourth-order valence-corrected chi connectivity index (χ4v) is 2.71. The van der Waals surface area contributed by atoms with Crippen LogP contribution in [0.15, 0.2) is 53.8 Å². The Morgan fingerprint density at radius 2 is 2.07 bits per heavy atom. The highest BCUT2D eigenvalue weighted by molar-refractivity contribution is 7.13. The molecule has 0 spiro atoms. The van der Waals surface area contributed by atoms with Crippen LogP contribution in [0.25, 0.3) is 0 Å². The average molecular weight is 422 g/mol. The Balaban J connectivity index is 1.84. The molecule has 3 rings (SSSR count). The third kappa shape index (κ3) is 6.69. The lowest BCUT2D eigenvalue weighted by Crippen LogP contribution is -2.14. The highest BCUT2D eigenvalue weighted by Crippen LogP contribution is 2.21. The monoisotopic (exact) mass is 421 g/mol. The number of benzene rings is 2. The molecule has 0 bridgehead atoms. The van der Waals surface area contributed by atoms with Crippen molar-refractivity contribution in [3.8, 4) is 0 Å². The number of nitrogen functional groups attached to an aromatic ring is 1. The number of nitrogens with two attached hydrogens (primary N) is 1. The van der Waals surface area contributed by atoms with E-state index in [-0.39, 0.29) is 39.4 Å². The first-order valence-corrected chi connectivity index (χ1v) is 9.37. The van der Waals surface area contributed by atoms with Crippen LogP contribution in [0, 0.1) is 6.92 Å². The van der Waals surface area contributed by atoms with Crippen LogP contribution < -0.4 is 11.1 Å². The first-order valence-electron chi connectivity index (χ1n) is 14.6. The molecule has 29 heavy (non-hydrogen) atoms. The van der Waals surface area contributed by atoms with E-state index in [0.29, 0.717) is 0 Å². The number of hydrogen-bond donors (Lipinski definition) is 3. The van der Waals surface area contributed by atoms with Crippen molar-refractivity contribution in [3.63, 3.8) is 0 Å². The molecule has 0 saturated carbocycles. The maximum absolute atomic E-state index is 12.3. The molecule has 0 aliphatic heterocycles. The van der Waals surface area contributed by atoms with E-state index in [0.717, 1.165) is 11.3 Å². The first-order chi connectivity index (χ1) is 18.6. The normalized spacial score (nSPS) is 20.5. The van der Waals surface area contributed by atoms with Gasteiger partial charge in [0, 0.05) is 19.3 Å². The molecule has 1 heterocycles. The number of anilines is 2. The van der Waals surface area contributed by atoms with Crippen LogP contribution in [0.1, 0.15) is 64.1 Å². The van der Waals surface area contributed by atoms with E-state index in [1.54, 1.807) is 0 Å². The highest BCUT2D eigenvalue weighted by atomic mass is 32.1. The molecule has 0 radical (unpaired) electrons. The predicted molar refractivity (Wildman–Crippen MR) is 119 cm³/mol. The van der Waals surface area contributed by atoms with Crippen molar-refractivity contribution in [1.29, 1.82) is 0 Å². The number of aliphatic hydroxyl groups is 1. The number of carbonyl (C=O) groups is 1. The second-order valence-electron chi connectivity index (χ2n) is 5.91. The second-order valence-corrected chi connectivity index (χ2v) is 6.73. The quantitative estimate of drug-likeness (QED) is 0.469. The molecular formula is C23H27N3O2S. The van der Waals surface area contributed by atoms with Gasteiger partial charge >= 0.3 is 0 Å². The maximum Gasteiger partial charge on any atom is 0.230 e. The zero-order valence-electron chi connectivity index (χ0n) is 27.5. The molecular weight excluding hydrogens is 382 g/mol. The van der Waals surface area contributed by atoms with E-state index in [1.165, 1.54) is 31.2 Å². The molecule has 5 nitrogen and oxygen atoms in total. The lowest BCUT2D eigenvalue weighted by atomic mass is 10.0. The Hall–Kier alpha value is -2.70. The van der Waals surface area contributed by atoms with Crippen molar-refractivity contribution in [1.82, 2.24) is 4.98 Å². The summed E-state index contributed by atoms with van der Waals surface area (Å²) in [6, 6.07) is 2.04. The highest BCUT2D eigenvalue weighted by Gasteiger charge is 2.08. The molecule has 4 N–H and O–H groups in total. The van der Waals surface area contributed by atoms with Gasteiger partial charge in [-0.1, -0.05) is 48.3 Å². The Kier molecular flexibility index (Phi) is 3.64. The van der Waals surface area contributed by atoms with Crippen LogP contribution in [0.5, 0.6) is 0 Å². The number of carbonyl (C=O) groups excluding carboxylic acids is 1. The van der Waals surface area contributed by atoms with E-state index in [2.05, 4.69) is 10.3 Å². The summed E-state index contributed by atoms with van der Waals surface area (Å²) >= 11 is 0.918. The molecule has 0 unspecified atom stereocenters. The van der Waals surface area contributed by atoms with Gasteiger partial charge in [-0.25, -0.2) is 4.98 Å². The van der Waals surface area contributed by atoms with Crippen molar-refractivity contribution < 1.29 is 26.4 Å². The van der Waals surface area contributed by atoms with Crippen LogP contribution >= 0.6 is 11.3 Å². The lowest BCUT2D eigenvalue weighted by molar-refractivity contribution is -0.115. The van der Waals surface area contributed by atoms with Crippen molar-refractivity contribution in [2.24, 2.45) is 0 Å². The van der Waals surface area contributed by atoms with E-state index in [9.17, 15) is 9.90 Å². The third-order valence-electron chi connectivity index (χ3n) is 3.58. The molecule has 1 atom stereocenters. The van der Waals surface area contributed by atoms with Crippen molar-refractivity contribution in [3.05, 3.63) is 76.2 Å². The molecule has 1 amide bonds. The van der Waals surface area contributed by atoms with E-state index >= 15 is 0 Å². The molecule has 2 aromatic carbocycles. The number of aryl methyl sites for hydroxylation is 1. The van der Waals surface area contributed by atoms with Gasteiger partial charge in [-0.2, -0.15) is 0 Å². The number of nitrogens with zero attached hydrogens (tertiary/aromatic N) is 1. The molecule has 0 fully saturated rings. The zero-order valence-corrected chi connectivity index (χ0v) is 16.3. The summed E-state index contributed by atoms with van der Waals surface area (Å²) in [5, 5.41) is 13.6. The van der Waals surface area contributed by atoms with Gasteiger partial charge < -0.3 is 16.2 Å². The smallest absolute Gasteiger partial charge is 0.230 e. The molecule has 3 aromatic rings. The van der Waals surface area contributed by atoms with Crippen LogP contribution in [0.2, 0.25) is 0 Å². The van der Waals surface area contributed by atoms with Gasteiger partial charge in [-0.3, -0.25) is 4.79 Å². The van der Waals surface area contributed by atoms with Gasteiger partial charge in [-0.15, -0.1) is 11.3 Å². The van der Waals surface area contributed by atoms with Crippen molar-refractivity contribution in [2.45, 2.75) is 45.0 Å². The Labute approximate surface area is 192 Å². The minimum atomic E-state index is -3.47. The van der Waals surface area contributed by atoms with Crippen molar-refractivity contribution in [2.75, 3.05) is 11.1 Å². The number of amides is 1. The van der Waals surface area contributed by atoms with Gasteiger partial charge in [0.05, 0.1) is 26.4 Å². The summed E-state index contributed by atoms with van der Waals surface area (Å²) in [6.07, 6.45) is -14.3. The maximum atomic E-state index is 12.3. The van der Waals surface area contributed by atoms with E-state index < -0.39 is 67.3 Å². The summed E-state index contributed by atoms with van der Waals surface area (Å²) in [5.74, 6) is -0.525. The Bertz CT molecular complexity index is 1450. The first kappa shape index (κ1) is 10.4. The lowest BCUT2D eigenvalue weighted by Gasteiger charge is -2.11. The number of hydrogen-bond acceptors (Lipinski definition) is 5. The summed E-state index contributed by atoms with van der Waals surface area (Å²) in [7, 11) is 0. The van der Waals surface area contributed by atoms with E-state index in [1.807, 2.05) is 0 Å². The van der Waals surface area contributed by atoms with E-state index in [4.69, 9.17) is 22.2 Å².